The number of halogens is 1. The van der Waals surface area contributed by atoms with Crippen molar-refractivity contribution >= 4 is 33.4 Å². The van der Waals surface area contributed by atoms with Crippen molar-refractivity contribution in [3.8, 4) is 5.75 Å². The summed E-state index contributed by atoms with van der Waals surface area (Å²) >= 11 is 5.14. The Bertz CT molecular complexity index is 508. The Labute approximate surface area is 120 Å². The Hall–Kier alpha value is -1.13. The molecule has 94 valence electrons. The second-order valence-corrected chi connectivity index (χ2v) is 5.65. The van der Waals surface area contributed by atoms with Crippen LogP contribution in [0.3, 0.4) is 0 Å². The molecule has 0 saturated heterocycles. The lowest BCUT2D eigenvalue weighted by Gasteiger charge is -2.08. The minimum absolute atomic E-state index is 0.516. The van der Waals surface area contributed by atoms with E-state index in [1.807, 2.05) is 30.3 Å². The van der Waals surface area contributed by atoms with E-state index in [9.17, 15) is 0 Å². The summed E-state index contributed by atoms with van der Waals surface area (Å²) in [7, 11) is 0. The van der Waals surface area contributed by atoms with Crippen LogP contribution in [0.4, 0.5) is 5.69 Å². The van der Waals surface area contributed by atoms with Gasteiger partial charge in [-0.3, -0.25) is 0 Å². The summed E-state index contributed by atoms with van der Waals surface area (Å²) in [6, 6.07) is 13.9. The molecule has 2 nitrogen and oxygen atoms in total. The monoisotopic (exact) mass is 323 g/mol. The van der Waals surface area contributed by atoms with Crippen molar-refractivity contribution in [2.75, 3.05) is 12.0 Å². The molecule has 0 radical (unpaired) electrons. The Morgan fingerprint density at radius 3 is 2.50 bits per heavy atom. The molecule has 0 amide bonds. The highest BCUT2D eigenvalue weighted by atomic mass is 79.9. The van der Waals surface area contributed by atoms with Gasteiger partial charge in [-0.1, -0.05) is 15.9 Å². The van der Waals surface area contributed by atoms with Crippen molar-refractivity contribution in [3.05, 3.63) is 52.5 Å². The van der Waals surface area contributed by atoms with Gasteiger partial charge in [-0.15, -0.1) is 11.8 Å². The van der Waals surface area contributed by atoms with E-state index in [0.717, 1.165) is 21.5 Å². The van der Waals surface area contributed by atoms with Gasteiger partial charge in [0.05, 0.1) is 0 Å². The average Bonchev–Trinajstić information content (AvgIpc) is 2.36. The zero-order valence-electron chi connectivity index (χ0n) is 10.0. The van der Waals surface area contributed by atoms with Gasteiger partial charge in [0.15, 0.2) is 0 Å². The summed E-state index contributed by atoms with van der Waals surface area (Å²) in [5.41, 5.74) is 7.57. The second-order valence-electron chi connectivity index (χ2n) is 3.86. The highest BCUT2D eigenvalue weighted by Crippen LogP contribution is 2.21. The fraction of sp³-hybridized carbons (Fsp3) is 0.143. The van der Waals surface area contributed by atoms with Gasteiger partial charge in [0.1, 0.15) is 12.4 Å². The molecule has 2 rings (SSSR count). The molecule has 0 bridgehead atoms. The van der Waals surface area contributed by atoms with Crippen LogP contribution in [0.25, 0.3) is 0 Å². The average molecular weight is 324 g/mol. The van der Waals surface area contributed by atoms with Crippen molar-refractivity contribution < 1.29 is 4.74 Å². The molecule has 0 spiro atoms. The molecule has 0 heterocycles. The van der Waals surface area contributed by atoms with Crippen LogP contribution >= 0.6 is 27.7 Å². The standard InChI is InChI=1S/C14H14BrNOS/c1-18-14-4-2-13(3-5-14)17-9-10-6-11(15)8-12(16)7-10/h2-8H,9,16H2,1H3. The number of nitrogen functional groups attached to an aromatic ring is 1. The zero-order chi connectivity index (χ0) is 13.0. The van der Waals surface area contributed by atoms with E-state index < -0.39 is 0 Å². The summed E-state index contributed by atoms with van der Waals surface area (Å²) in [6.07, 6.45) is 2.06. The summed E-state index contributed by atoms with van der Waals surface area (Å²) < 4.78 is 6.69. The molecule has 2 N–H and O–H groups in total. The van der Waals surface area contributed by atoms with E-state index in [1.54, 1.807) is 11.8 Å². The summed E-state index contributed by atoms with van der Waals surface area (Å²) in [4.78, 5) is 1.23. The number of benzene rings is 2. The molecule has 2 aromatic carbocycles. The number of ether oxygens (including phenoxy) is 1. The first-order valence-corrected chi connectivity index (χ1v) is 7.51. The first-order valence-electron chi connectivity index (χ1n) is 5.49. The Morgan fingerprint density at radius 2 is 1.89 bits per heavy atom. The van der Waals surface area contributed by atoms with Crippen molar-refractivity contribution in [1.82, 2.24) is 0 Å². The van der Waals surface area contributed by atoms with E-state index >= 15 is 0 Å². The van der Waals surface area contributed by atoms with E-state index in [2.05, 4.69) is 34.3 Å². The summed E-state index contributed by atoms with van der Waals surface area (Å²) in [5.74, 6) is 0.867. The van der Waals surface area contributed by atoms with Crippen LogP contribution in [0.1, 0.15) is 5.56 Å². The third kappa shape index (κ3) is 3.68. The predicted molar refractivity (Wildman–Crippen MR) is 81.1 cm³/mol. The largest absolute Gasteiger partial charge is 0.489 e. The summed E-state index contributed by atoms with van der Waals surface area (Å²) in [6.45, 7) is 0.516. The van der Waals surface area contributed by atoms with Crippen molar-refractivity contribution in [3.63, 3.8) is 0 Å². The molecule has 4 heteroatoms. The highest BCUT2D eigenvalue weighted by molar-refractivity contribution is 9.10. The minimum atomic E-state index is 0.516. The maximum absolute atomic E-state index is 5.78. The Morgan fingerprint density at radius 1 is 1.17 bits per heavy atom. The highest BCUT2D eigenvalue weighted by Gasteiger charge is 1.99. The lowest BCUT2D eigenvalue weighted by Crippen LogP contribution is -1.97. The normalized spacial score (nSPS) is 10.3. The first kappa shape index (κ1) is 13.3. The molecule has 0 aliphatic heterocycles. The van der Waals surface area contributed by atoms with Gasteiger partial charge in [-0.25, -0.2) is 0 Å². The van der Waals surface area contributed by atoms with Crippen molar-refractivity contribution in [2.45, 2.75) is 11.5 Å². The molecular formula is C14H14BrNOS. The molecule has 0 aliphatic rings. The van der Waals surface area contributed by atoms with Crippen molar-refractivity contribution in [1.29, 1.82) is 0 Å². The van der Waals surface area contributed by atoms with Gasteiger partial charge in [0.25, 0.3) is 0 Å². The topological polar surface area (TPSA) is 35.2 Å². The minimum Gasteiger partial charge on any atom is -0.489 e. The van der Waals surface area contributed by atoms with Gasteiger partial charge in [0, 0.05) is 15.1 Å². The van der Waals surface area contributed by atoms with E-state index in [1.165, 1.54) is 4.90 Å². The van der Waals surface area contributed by atoms with Gasteiger partial charge in [0.2, 0.25) is 0 Å². The number of hydrogen-bond acceptors (Lipinski definition) is 3. The number of hydrogen-bond donors (Lipinski definition) is 1. The first-order chi connectivity index (χ1) is 8.67. The maximum Gasteiger partial charge on any atom is 0.119 e. The van der Waals surface area contributed by atoms with Crippen LogP contribution in [-0.4, -0.2) is 6.26 Å². The van der Waals surface area contributed by atoms with Gasteiger partial charge in [-0.2, -0.15) is 0 Å². The second kappa shape index (κ2) is 6.16. The SMILES string of the molecule is CSc1ccc(OCc2cc(N)cc(Br)c2)cc1. The molecular weight excluding hydrogens is 310 g/mol. The Balaban J connectivity index is 2.01. The zero-order valence-corrected chi connectivity index (χ0v) is 12.4. The molecule has 0 fully saturated rings. The number of anilines is 1. The number of rotatable bonds is 4. The quantitative estimate of drug-likeness (QED) is 0.671. The number of nitrogens with two attached hydrogens (primary N) is 1. The fourth-order valence-corrected chi connectivity index (χ4v) is 2.56. The molecule has 0 unspecified atom stereocenters. The van der Waals surface area contributed by atoms with Crippen LogP contribution < -0.4 is 10.5 Å². The van der Waals surface area contributed by atoms with Crippen LogP contribution in [0.15, 0.2) is 51.8 Å². The molecule has 0 atom stereocenters. The van der Waals surface area contributed by atoms with E-state index in [-0.39, 0.29) is 0 Å². The van der Waals surface area contributed by atoms with Gasteiger partial charge >= 0.3 is 0 Å². The maximum atomic E-state index is 5.78. The van der Waals surface area contributed by atoms with Crippen LogP contribution in [0.2, 0.25) is 0 Å². The third-order valence-corrected chi connectivity index (χ3v) is 3.65. The smallest absolute Gasteiger partial charge is 0.119 e. The summed E-state index contributed by atoms with van der Waals surface area (Å²) in [5, 5.41) is 0. The predicted octanol–water partition coefficient (Wildman–Crippen LogP) is 4.33. The van der Waals surface area contributed by atoms with Crippen molar-refractivity contribution in [2.24, 2.45) is 0 Å². The third-order valence-electron chi connectivity index (χ3n) is 2.44. The molecule has 18 heavy (non-hydrogen) atoms. The fourth-order valence-electron chi connectivity index (χ4n) is 1.60. The lowest BCUT2D eigenvalue weighted by atomic mass is 10.2. The van der Waals surface area contributed by atoms with Gasteiger partial charge in [-0.05, 0) is 54.3 Å². The van der Waals surface area contributed by atoms with Gasteiger partial charge < -0.3 is 10.5 Å². The number of thioether (sulfide) groups is 1. The Kier molecular flexibility index (Phi) is 4.55. The molecule has 0 saturated carbocycles. The van der Waals surface area contributed by atoms with Crippen LogP contribution in [0, 0.1) is 0 Å². The molecule has 2 aromatic rings. The van der Waals surface area contributed by atoms with Crippen LogP contribution in [-0.2, 0) is 6.61 Å². The van der Waals surface area contributed by atoms with E-state index in [4.69, 9.17) is 10.5 Å². The lowest BCUT2D eigenvalue weighted by molar-refractivity contribution is 0.306. The van der Waals surface area contributed by atoms with Crippen LogP contribution in [0.5, 0.6) is 5.75 Å². The van der Waals surface area contributed by atoms with E-state index in [0.29, 0.717) is 6.61 Å². The molecule has 0 aromatic heterocycles. The molecule has 0 aliphatic carbocycles.